The van der Waals surface area contributed by atoms with Crippen LogP contribution in [-0.2, 0) is 37.2 Å². The number of benzene rings is 4. The Balaban J connectivity index is 0.00000256. The molecule has 1 unspecified atom stereocenters. The van der Waals surface area contributed by atoms with Gasteiger partial charge >= 0.3 is 27.3 Å². The minimum absolute atomic E-state index is 0. The van der Waals surface area contributed by atoms with Crippen LogP contribution in [0, 0.1) is 9.39 Å². The summed E-state index contributed by atoms with van der Waals surface area (Å²) in [6.07, 6.45) is 0. The van der Waals surface area contributed by atoms with E-state index in [-0.39, 0.29) is 123 Å². The Hall–Kier alpha value is -5.50. The predicted octanol–water partition coefficient (Wildman–Crippen LogP) is 4.74. The van der Waals surface area contributed by atoms with Gasteiger partial charge in [0.15, 0.2) is 43.5 Å². The molecule has 0 saturated heterocycles. The monoisotopic (exact) mass is 910 g/mol. The number of fused-ring (bicyclic) bond motifs is 20. The summed E-state index contributed by atoms with van der Waals surface area (Å²) < 4.78 is 123. The van der Waals surface area contributed by atoms with Crippen molar-refractivity contribution in [3.63, 3.8) is 0 Å². The van der Waals surface area contributed by atoms with Gasteiger partial charge in [0.05, 0.1) is 14.7 Å². The quantitative estimate of drug-likeness (QED) is 0.0835. The van der Waals surface area contributed by atoms with Crippen LogP contribution in [0.25, 0.3) is 90.4 Å². The Morgan fingerprint density at radius 1 is 0.552 bits per heavy atom. The first-order valence-corrected chi connectivity index (χ1v) is 21.5. The molecule has 6 aromatic rings. The van der Waals surface area contributed by atoms with E-state index in [0.29, 0.717) is 5.39 Å². The number of aromatic nitrogens is 8. The van der Waals surface area contributed by atoms with Crippen LogP contribution in [0.4, 0.5) is 0 Å². The molecular weight excluding hydrogens is 888 g/mol. The van der Waals surface area contributed by atoms with Crippen molar-refractivity contribution in [3.8, 4) is 68.3 Å². The smallest absolute Gasteiger partial charge is 0.523 e. The summed E-state index contributed by atoms with van der Waals surface area (Å²) in [7, 11) is -17.1. The van der Waals surface area contributed by atoms with E-state index in [1.807, 2.05) is 0 Å². The Kier molecular flexibility index (Phi) is 9.50. The molecule has 3 aliphatic heterocycles. The maximum atomic E-state index is 12.4. The van der Waals surface area contributed by atoms with Crippen LogP contribution >= 0.6 is 20.4 Å². The van der Waals surface area contributed by atoms with Crippen molar-refractivity contribution in [2.24, 2.45) is 0 Å². The van der Waals surface area contributed by atoms with Gasteiger partial charge in [0.2, 0.25) is 0 Å². The van der Waals surface area contributed by atoms with Crippen LogP contribution in [0.2, 0.25) is 0 Å². The number of nitrogens with one attached hydrogen (secondary N) is 2. The molecule has 26 heteroatoms. The second kappa shape index (κ2) is 13.5. The summed E-state index contributed by atoms with van der Waals surface area (Å²) in [5.41, 5.74) is 1.07. The van der Waals surface area contributed by atoms with Gasteiger partial charge in [-0.2, -0.15) is 13.0 Å². The molecule has 4 aromatic carbocycles. The minimum Gasteiger partial charge on any atom is -0.523 e. The van der Waals surface area contributed by atoms with Gasteiger partial charge in [-0.1, -0.05) is 16.7 Å². The zero-order chi connectivity index (χ0) is 39.7. The van der Waals surface area contributed by atoms with Crippen LogP contribution in [0.3, 0.4) is 0 Å². The molecule has 1 atom stereocenters. The minimum atomic E-state index is -4.72. The van der Waals surface area contributed by atoms with Gasteiger partial charge in [-0.25, -0.2) is 33.9 Å². The number of hydrogen-bond acceptors (Lipinski definition) is 16. The van der Waals surface area contributed by atoms with Crippen molar-refractivity contribution in [3.05, 3.63) is 72.8 Å². The van der Waals surface area contributed by atoms with Gasteiger partial charge in [0.1, 0.15) is 4.90 Å². The molecule has 58 heavy (non-hydrogen) atoms. The zero-order valence-corrected chi connectivity index (χ0v) is 32.7. The molecule has 11 N–H and O–H groups in total. The van der Waals surface area contributed by atoms with Gasteiger partial charge in [0, 0.05) is 45.0 Å². The van der Waals surface area contributed by atoms with Crippen LogP contribution in [0.5, 0.6) is 0 Å². The average Bonchev–Trinajstić information content (AvgIpc) is 3.84. The fraction of sp³-hybridized carbons (Fsp3) is 0. The molecule has 0 amide bonds. The standard InChI is InChI=1S/C32H19N11O9S4.Cu.H3N/c33-53(44,45)13-1-5-17-21(9-13)29-36-25(17)38-30-23-11-15(55(35,48)49)3-7-19(23)27(40-30)42-32-24-12-16(56(50,51)52)4-8-20(24)28(43-32)41-31-22-10-14(54(34,46)47)2-6-18(22)26(37-29)39-31;;/h1-12H,(H7-2,35,36,37,38,39,40,41,42,43,44,45,46,47,48,49,50,51,52);;1H3/q-2;+1;/p+1. The number of rotatable bonds is 2. The van der Waals surface area contributed by atoms with E-state index in [1.165, 1.54) is 60.7 Å². The van der Waals surface area contributed by atoms with Crippen molar-refractivity contribution in [2.45, 2.75) is 19.6 Å². The fourth-order valence-electron chi connectivity index (χ4n) is 6.26. The van der Waals surface area contributed by atoms with E-state index in [2.05, 4.69) is 39.9 Å². The third-order valence-electron chi connectivity index (χ3n) is 8.85. The fourth-order valence-corrected chi connectivity index (χ4v) is 8.36. The normalized spacial score (nSPS) is 13.6. The van der Waals surface area contributed by atoms with E-state index in [4.69, 9.17) is 9.39 Å². The topological polar surface area (TPSA) is 385 Å². The second-order valence-electron chi connectivity index (χ2n) is 12.4. The molecule has 3 aliphatic rings. The molecule has 2 aromatic heterocycles. The van der Waals surface area contributed by atoms with E-state index in [9.17, 15) is 44.6 Å². The molecule has 21 nitrogen and oxygen atoms in total. The predicted molar refractivity (Wildman–Crippen MR) is 204 cm³/mol. The van der Waals surface area contributed by atoms with Crippen LogP contribution in [0.15, 0.2) is 92.4 Å². The number of nitrogens with zero attached hydrogens (tertiary/aromatic N) is 9. The van der Waals surface area contributed by atoms with Crippen molar-refractivity contribution in [2.75, 3.05) is 0 Å². The Morgan fingerprint density at radius 3 is 1.59 bits per heavy atom. The second-order valence-corrected chi connectivity index (χ2v) is 18.4. The molecule has 9 rings (SSSR count). The summed E-state index contributed by atoms with van der Waals surface area (Å²) in [4.78, 5) is 35.7. The molecular formula is C32H23CuN12O9S4. The van der Waals surface area contributed by atoms with Gasteiger partial charge < -0.3 is 21.1 Å². The third-order valence-corrected chi connectivity index (χ3v) is 12.4. The maximum Gasteiger partial charge on any atom is 1.00 e. The van der Waals surface area contributed by atoms with Gasteiger partial charge in [0.25, 0.3) is 10.1 Å². The van der Waals surface area contributed by atoms with Gasteiger partial charge in [-0.3, -0.25) is 27.3 Å². The largest absolute Gasteiger partial charge is 1.00 e. The van der Waals surface area contributed by atoms with Crippen LogP contribution in [-0.4, -0.2) is 69.8 Å². The van der Waals surface area contributed by atoms with Crippen LogP contribution in [0.1, 0.15) is 0 Å². The molecule has 8 bridgehead atoms. The average molecular weight is 911 g/mol. The third kappa shape index (κ3) is 6.84. The van der Waals surface area contributed by atoms with Gasteiger partial charge in [-0.15, -0.1) is 11.3 Å². The van der Waals surface area contributed by atoms with Gasteiger partial charge in [-0.05, 0) is 71.4 Å². The van der Waals surface area contributed by atoms with E-state index in [0.717, 1.165) is 12.1 Å². The first-order valence-electron chi connectivity index (χ1n) is 15.5. The molecule has 0 aliphatic carbocycles. The molecule has 0 fully saturated rings. The Morgan fingerprint density at radius 2 is 1.02 bits per heavy atom. The first kappa shape index (κ1) is 40.7. The molecule has 5 heterocycles. The Labute approximate surface area is 338 Å². The van der Waals surface area contributed by atoms with Crippen molar-refractivity contribution < 1.29 is 61.6 Å². The number of hydrogen-bond donors (Lipinski definition) is 9. The summed E-state index contributed by atoms with van der Waals surface area (Å²) >= 11 is 0. The molecule has 0 saturated carbocycles. The summed E-state index contributed by atoms with van der Waals surface area (Å²) in [5.74, 6) is -0.487. The van der Waals surface area contributed by atoms with Crippen molar-refractivity contribution in [1.82, 2.24) is 46.0 Å². The van der Waals surface area contributed by atoms with E-state index in [1.54, 1.807) is 0 Å². The van der Waals surface area contributed by atoms with Crippen molar-refractivity contribution >= 4 is 62.6 Å². The zero-order valence-electron chi connectivity index (χ0n) is 28.5. The summed E-state index contributed by atoms with van der Waals surface area (Å²) in [6.45, 7) is 0. The maximum absolute atomic E-state index is 12.4. The van der Waals surface area contributed by atoms with Crippen LogP contribution < -0.4 is 20.7 Å². The van der Waals surface area contributed by atoms with E-state index < -0.39 is 45.5 Å². The molecule has 0 spiro atoms. The summed E-state index contributed by atoms with van der Waals surface area (Å²) in [5, 5.41) is 0.489. The molecule has 300 valence electrons. The van der Waals surface area contributed by atoms with Crippen molar-refractivity contribution in [1.29, 1.82) is 9.39 Å². The first-order chi connectivity index (χ1) is 26.2. The summed E-state index contributed by atoms with van der Waals surface area (Å²) in [6, 6.07) is 15.3. The molecule has 0 radical (unpaired) electrons. The Bertz CT molecular complexity index is 3500. The van der Waals surface area contributed by atoms with E-state index >= 15 is 0 Å². The SMILES string of the molecule is N.N#S(O)(O)c1ccc2c(c1)-c1nc3nc(nc4nc(nc5[n-]c([n-]c-2n1)c1cc(S(#[NH+])(O)O)ccc51)-c1cc(S(=N)(=O)O)ccc1-4)-c1cc(S(=O)(=O)O)ccc1-3.[Cu+].